The van der Waals surface area contributed by atoms with Gasteiger partial charge in [-0.3, -0.25) is 4.98 Å². The van der Waals surface area contributed by atoms with Gasteiger partial charge in [0.2, 0.25) is 0 Å². The van der Waals surface area contributed by atoms with E-state index in [1.54, 1.807) is 39.1 Å². The van der Waals surface area contributed by atoms with E-state index in [0.717, 1.165) is 0 Å². The second kappa shape index (κ2) is 6.17. The smallest absolute Gasteiger partial charge is 0.408 e. The van der Waals surface area contributed by atoms with Crippen molar-refractivity contribution in [2.45, 2.75) is 38.8 Å². The van der Waals surface area contributed by atoms with Crippen LogP contribution in [0.1, 0.15) is 38.8 Å². The van der Waals surface area contributed by atoms with Crippen LogP contribution in [0, 0.1) is 0 Å². The first-order valence-electron chi connectivity index (χ1n) is 5.87. The maximum Gasteiger partial charge on any atom is 0.408 e. The predicted molar refractivity (Wildman–Crippen MR) is 66.0 cm³/mol. The summed E-state index contributed by atoms with van der Waals surface area (Å²) in [7, 11) is 0. The van der Waals surface area contributed by atoms with Crippen molar-refractivity contribution in [1.82, 2.24) is 10.3 Å². The van der Waals surface area contributed by atoms with E-state index in [-0.39, 0.29) is 6.42 Å². The lowest BCUT2D eigenvalue weighted by molar-refractivity contribution is -0.306. The number of amides is 1. The van der Waals surface area contributed by atoms with Crippen LogP contribution in [0.15, 0.2) is 24.5 Å². The summed E-state index contributed by atoms with van der Waals surface area (Å²) in [6, 6.07) is 2.61. The van der Waals surface area contributed by atoms with Gasteiger partial charge in [-0.1, -0.05) is 6.07 Å². The molecule has 0 radical (unpaired) electrons. The topological polar surface area (TPSA) is 91.3 Å². The van der Waals surface area contributed by atoms with Crippen LogP contribution in [-0.4, -0.2) is 22.6 Å². The number of alkyl carbamates (subject to hydrolysis) is 1. The largest absolute Gasteiger partial charge is 0.550 e. The van der Waals surface area contributed by atoms with Gasteiger partial charge in [0.05, 0.1) is 6.04 Å². The average Bonchev–Trinajstić information content (AvgIpc) is 2.26. The van der Waals surface area contributed by atoms with E-state index in [1.165, 1.54) is 6.20 Å². The summed E-state index contributed by atoms with van der Waals surface area (Å²) in [5, 5.41) is 13.2. The Hall–Kier alpha value is -2.11. The molecule has 0 aliphatic heterocycles. The first kappa shape index (κ1) is 14.9. The molecule has 1 aromatic heterocycles. The highest BCUT2D eigenvalue weighted by Crippen LogP contribution is 2.16. The number of nitrogens with one attached hydrogen (secondary N) is 1. The highest BCUT2D eigenvalue weighted by atomic mass is 16.6. The number of ether oxygens (including phenoxy) is 1. The lowest BCUT2D eigenvalue weighted by Gasteiger charge is -2.24. The van der Waals surface area contributed by atoms with E-state index < -0.39 is 23.7 Å². The van der Waals surface area contributed by atoms with Gasteiger partial charge in [-0.15, -0.1) is 0 Å². The van der Waals surface area contributed by atoms with Crippen LogP contribution in [0.25, 0.3) is 0 Å². The lowest BCUT2D eigenvalue weighted by atomic mass is 10.1. The maximum atomic E-state index is 11.7. The van der Waals surface area contributed by atoms with E-state index in [0.29, 0.717) is 5.56 Å². The van der Waals surface area contributed by atoms with Crippen molar-refractivity contribution >= 4 is 12.1 Å². The molecule has 0 bridgehead atoms. The third kappa shape index (κ3) is 5.85. The van der Waals surface area contributed by atoms with Crippen LogP contribution in [0.4, 0.5) is 4.79 Å². The quantitative estimate of drug-likeness (QED) is 0.868. The first-order chi connectivity index (χ1) is 8.78. The van der Waals surface area contributed by atoms with Crippen molar-refractivity contribution in [2.24, 2.45) is 0 Å². The Morgan fingerprint density at radius 2 is 2.16 bits per heavy atom. The fraction of sp³-hybridized carbons (Fsp3) is 0.462. The number of hydrogen-bond acceptors (Lipinski definition) is 5. The highest BCUT2D eigenvalue weighted by Gasteiger charge is 2.20. The second-order valence-electron chi connectivity index (χ2n) is 5.06. The Morgan fingerprint density at radius 1 is 1.47 bits per heavy atom. The van der Waals surface area contributed by atoms with Gasteiger partial charge in [0.1, 0.15) is 5.60 Å². The number of nitrogens with zero attached hydrogens (tertiary/aromatic N) is 1. The van der Waals surface area contributed by atoms with Crippen molar-refractivity contribution in [3.8, 4) is 0 Å². The van der Waals surface area contributed by atoms with Gasteiger partial charge in [0.15, 0.2) is 0 Å². The third-order valence-electron chi connectivity index (χ3n) is 2.15. The molecule has 0 saturated carbocycles. The fourth-order valence-electron chi connectivity index (χ4n) is 1.45. The van der Waals surface area contributed by atoms with Crippen molar-refractivity contribution in [2.75, 3.05) is 0 Å². The fourth-order valence-corrected chi connectivity index (χ4v) is 1.45. The van der Waals surface area contributed by atoms with Gasteiger partial charge in [0.25, 0.3) is 0 Å². The van der Waals surface area contributed by atoms with Gasteiger partial charge in [0, 0.05) is 24.8 Å². The van der Waals surface area contributed by atoms with Crippen LogP contribution < -0.4 is 10.4 Å². The molecule has 0 saturated heterocycles. The van der Waals surface area contributed by atoms with Gasteiger partial charge >= 0.3 is 6.09 Å². The minimum Gasteiger partial charge on any atom is -0.550 e. The number of carbonyl (C=O) groups excluding carboxylic acids is 2. The number of carboxylic acids is 1. The number of hydrogen-bond donors (Lipinski definition) is 1. The van der Waals surface area contributed by atoms with E-state index in [4.69, 9.17) is 4.74 Å². The van der Waals surface area contributed by atoms with Crippen LogP contribution in [-0.2, 0) is 9.53 Å². The summed E-state index contributed by atoms with van der Waals surface area (Å²) in [5.74, 6) is -1.26. The zero-order valence-corrected chi connectivity index (χ0v) is 11.2. The van der Waals surface area contributed by atoms with Crippen molar-refractivity contribution in [3.05, 3.63) is 30.1 Å². The number of rotatable bonds is 4. The molecule has 1 amide bonds. The summed E-state index contributed by atoms with van der Waals surface area (Å²) < 4.78 is 5.09. The van der Waals surface area contributed by atoms with Crippen molar-refractivity contribution < 1.29 is 19.4 Å². The molecule has 1 atom stereocenters. The minimum atomic E-state index is -1.26. The van der Waals surface area contributed by atoms with Gasteiger partial charge in [-0.05, 0) is 32.4 Å². The molecule has 19 heavy (non-hydrogen) atoms. The van der Waals surface area contributed by atoms with Crippen LogP contribution in [0.2, 0.25) is 0 Å². The molecule has 0 aliphatic rings. The molecule has 1 N–H and O–H groups in total. The van der Waals surface area contributed by atoms with E-state index in [1.807, 2.05) is 0 Å². The van der Waals surface area contributed by atoms with Gasteiger partial charge in [-0.2, -0.15) is 0 Å². The number of carbonyl (C=O) groups is 2. The Morgan fingerprint density at radius 3 is 2.63 bits per heavy atom. The highest BCUT2D eigenvalue weighted by molar-refractivity contribution is 5.71. The SMILES string of the molecule is CC(C)(C)OC(=O)N[C@H](CC(=O)[O-])c1cccnc1. The molecular weight excluding hydrogens is 248 g/mol. The minimum absolute atomic E-state index is 0.342. The van der Waals surface area contributed by atoms with Crippen LogP contribution in [0.3, 0.4) is 0 Å². The molecule has 104 valence electrons. The van der Waals surface area contributed by atoms with E-state index in [2.05, 4.69) is 10.3 Å². The average molecular weight is 265 g/mol. The molecule has 1 rings (SSSR count). The zero-order valence-electron chi connectivity index (χ0n) is 11.2. The standard InChI is InChI=1S/C13H18N2O4/c1-13(2,3)19-12(18)15-10(7-11(16)17)9-5-4-6-14-8-9/h4-6,8,10H,7H2,1-3H3,(H,15,18)(H,16,17)/p-1/t10-/m1/s1. The van der Waals surface area contributed by atoms with E-state index in [9.17, 15) is 14.7 Å². The summed E-state index contributed by atoms with van der Waals surface area (Å²) in [4.78, 5) is 26.3. The summed E-state index contributed by atoms with van der Waals surface area (Å²) in [6.45, 7) is 5.18. The Balaban J connectivity index is 2.76. The Labute approximate surface area is 111 Å². The molecule has 0 unspecified atom stereocenters. The van der Waals surface area contributed by atoms with Crippen molar-refractivity contribution in [1.29, 1.82) is 0 Å². The lowest BCUT2D eigenvalue weighted by Crippen LogP contribution is -2.37. The number of aliphatic carboxylic acids is 1. The molecule has 1 heterocycles. The summed E-state index contributed by atoms with van der Waals surface area (Å²) in [5.41, 5.74) is -0.0667. The molecule has 0 spiro atoms. The summed E-state index contributed by atoms with van der Waals surface area (Å²) in [6.07, 6.45) is 2.03. The molecule has 1 aromatic rings. The molecular formula is C13H17N2O4-. The van der Waals surface area contributed by atoms with Crippen LogP contribution >= 0.6 is 0 Å². The Bertz CT molecular complexity index is 440. The number of pyridine rings is 1. The Kier molecular flexibility index (Phi) is 4.86. The van der Waals surface area contributed by atoms with E-state index >= 15 is 0 Å². The molecule has 0 aliphatic carbocycles. The zero-order chi connectivity index (χ0) is 14.5. The summed E-state index contributed by atoms with van der Waals surface area (Å²) >= 11 is 0. The third-order valence-corrected chi connectivity index (χ3v) is 2.15. The molecule has 6 nitrogen and oxygen atoms in total. The monoisotopic (exact) mass is 265 g/mol. The normalized spacial score (nSPS) is 12.6. The molecule has 0 aromatic carbocycles. The van der Waals surface area contributed by atoms with Crippen LogP contribution in [0.5, 0.6) is 0 Å². The van der Waals surface area contributed by atoms with Gasteiger partial charge in [-0.25, -0.2) is 4.79 Å². The van der Waals surface area contributed by atoms with Gasteiger partial charge < -0.3 is 20.0 Å². The number of carboxylic acid groups (broad SMARTS) is 1. The maximum absolute atomic E-state index is 11.7. The number of aromatic nitrogens is 1. The molecule has 6 heteroatoms. The molecule has 0 fully saturated rings. The predicted octanol–water partition coefficient (Wildman–Crippen LogP) is 0.787. The first-order valence-corrected chi connectivity index (χ1v) is 5.87. The van der Waals surface area contributed by atoms with Crippen molar-refractivity contribution in [3.63, 3.8) is 0 Å². The second-order valence-corrected chi connectivity index (χ2v) is 5.06.